The van der Waals surface area contributed by atoms with Crippen LogP contribution in [0.2, 0.25) is 0 Å². The van der Waals surface area contributed by atoms with Crippen molar-refractivity contribution in [1.82, 2.24) is 4.90 Å². The molecule has 0 aliphatic heterocycles. The SMILES string of the molecule is CCN(Cc1ccc(Br)s1)C(=O)CSC(C)CC(=O)O. The van der Waals surface area contributed by atoms with Gasteiger partial charge in [0.25, 0.3) is 0 Å². The monoisotopic (exact) mass is 379 g/mol. The molecule has 1 rings (SSSR count). The van der Waals surface area contributed by atoms with Crippen LogP contribution in [0.5, 0.6) is 0 Å². The van der Waals surface area contributed by atoms with Gasteiger partial charge in [-0.3, -0.25) is 9.59 Å². The van der Waals surface area contributed by atoms with Gasteiger partial charge >= 0.3 is 5.97 Å². The van der Waals surface area contributed by atoms with Crippen LogP contribution in [0.25, 0.3) is 0 Å². The first-order chi connectivity index (χ1) is 9.42. The number of hydrogen-bond acceptors (Lipinski definition) is 4. The average molecular weight is 380 g/mol. The van der Waals surface area contributed by atoms with E-state index < -0.39 is 5.97 Å². The van der Waals surface area contributed by atoms with Crippen LogP contribution in [0.1, 0.15) is 25.1 Å². The zero-order valence-corrected chi connectivity index (χ0v) is 14.7. The first-order valence-corrected chi connectivity index (χ1v) is 8.93. The molecule has 1 aromatic heterocycles. The molecule has 0 fully saturated rings. The third kappa shape index (κ3) is 6.28. The number of halogens is 1. The molecular formula is C13H18BrNO3S2. The zero-order valence-electron chi connectivity index (χ0n) is 11.5. The lowest BCUT2D eigenvalue weighted by atomic mass is 10.3. The van der Waals surface area contributed by atoms with Gasteiger partial charge in [-0.15, -0.1) is 23.1 Å². The van der Waals surface area contributed by atoms with Crippen molar-refractivity contribution in [2.75, 3.05) is 12.3 Å². The highest BCUT2D eigenvalue weighted by molar-refractivity contribution is 9.11. The van der Waals surface area contributed by atoms with Crippen LogP contribution in [0, 0.1) is 0 Å². The Labute approximate surface area is 135 Å². The minimum atomic E-state index is -0.826. The molecular weight excluding hydrogens is 362 g/mol. The van der Waals surface area contributed by atoms with Crippen molar-refractivity contribution in [3.8, 4) is 0 Å². The molecule has 1 heterocycles. The van der Waals surface area contributed by atoms with Gasteiger partial charge in [0.15, 0.2) is 0 Å². The second-order valence-electron chi connectivity index (χ2n) is 4.33. The molecule has 1 atom stereocenters. The number of aliphatic carboxylic acids is 1. The molecule has 0 bridgehead atoms. The van der Waals surface area contributed by atoms with Crippen LogP contribution in [0.3, 0.4) is 0 Å². The number of carboxylic acid groups (broad SMARTS) is 1. The Balaban J connectivity index is 2.44. The Morgan fingerprint density at radius 2 is 2.20 bits per heavy atom. The Bertz CT molecular complexity index is 464. The van der Waals surface area contributed by atoms with E-state index in [4.69, 9.17) is 5.11 Å². The summed E-state index contributed by atoms with van der Waals surface area (Å²) >= 11 is 6.42. The van der Waals surface area contributed by atoms with Crippen molar-refractivity contribution in [2.45, 2.75) is 32.1 Å². The third-order valence-corrected chi connectivity index (χ3v) is 5.42. The maximum Gasteiger partial charge on any atom is 0.304 e. The van der Waals surface area contributed by atoms with E-state index >= 15 is 0 Å². The number of rotatable bonds is 8. The van der Waals surface area contributed by atoms with Gasteiger partial charge < -0.3 is 10.0 Å². The summed E-state index contributed by atoms with van der Waals surface area (Å²) < 4.78 is 1.06. The van der Waals surface area contributed by atoms with Crippen molar-refractivity contribution >= 4 is 50.9 Å². The van der Waals surface area contributed by atoms with Crippen LogP contribution < -0.4 is 0 Å². The molecule has 0 saturated heterocycles. The number of thiophene rings is 1. The lowest BCUT2D eigenvalue weighted by Crippen LogP contribution is -2.32. The van der Waals surface area contributed by atoms with Gasteiger partial charge in [0, 0.05) is 16.7 Å². The lowest BCUT2D eigenvalue weighted by Gasteiger charge is -2.20. The first kappa shape index (κ1) is 17.5. The van der Waals surface area contributed by atoms with E-state index in [1.807, 2.05) is 26.0 Å². The van der Waals surface area contributed by atoms with Gasteiger partial charge in [0.05, 0.1) is 22.5 Å². The fourth-order valence-electron chi connectivity index (χ4n) is 1.61. The van der Waals surface area contributed by atoms with Gasteiger partial charge in [-0.05, 0) is 35.0 Å². The van der Waals surface area contributed by atoms with E-state index in [2.05, 4.69) is 15.9 Å². The maximum absolute atomic E-state index is 12.1. The van der Waals surface area contributed by atoms with E-state index in [0.29, 0.717) is 18.8 Å². The average Bonchev–Trinajstić information content (AvgIpc) is 2.78. The number of carbonyl (C=O) groups excluding carboxylic acids is 1. The molecule has 0 radical (unpaired) electrons. The maximum atomic E-state index is 12.1. The summed E-state index contributed by atoms with van der Waals surface area (Å²) in [6, 6.07) is 3.98. The molecule has 1 unspecified atom stereocenters. The lowest BCUT2D eigenvalue weighted by molar-refractivity contribution is -0.137. The Hall–Kier alpha value is -0.530. The summed E-state index contributed by atoms with van der Waals surface area (Å²) in [7, 11) is 0. The van der Waals surface area contributed by atoms with Crippen LogP contribution in [-0.2, 0) is 16.1 Å². The molecule has 20 heavy (non-hydrogen) atoms. The summed E-state index contributed by atoms with van der Waals surface area (Å²) in [6.07, 6.45) is 0.0853. The Morgan fingerprint density at radius 3 is 2.70 bits per heavy atom. The predicted molar refractivity (Wildman–Crippen MR) is 87.3 cm³/mol. The number of hydrogen-bond donors (Lipinski definition) is 1. The van der Waals surface area contributed by atoms with Crippen molar-refractivity contribution in [1.29, 1.82) is 0 Å². The van der Waals surface area contributed by atoms with Crippen LogP contribution in [0.4, 0.5) is 0 Å². The highest BCUT2D eigenvalue weighted by Crippen LogP contribution is 2.23. The second kappa shape index (κ2) is 8.69. The van der Waals surface area contributed by atoms with Crippen molar-refractivity contribution in [2.24, 2.45) is 0 Å². The predicted octanol–water partition coefficient (Wildman–Crippen LogP) is 3.46. The normalized spacial score (nSPS) is 12.2. The van der Waals surface area contributed by atoms with Gasteiger partial charge in [-0.25, -0.2) is 0 Å². The standard InChI is InChI=1S/C13H18BrNO3S2/c1-3-15(7-10-4-5-11(14)20-10)12(16)8-19-9(2)6-13(17)18/h4-5,9H,3,6-8H2,1-2H3,(H,17,18). The highest BCUT2D eigenvalue weighted by Gasteiger charge is 2.16. The summed E-state index contributed by atoms with van der Waals surface area (Å²) in [5, 5.41) is 8.64. The Kier molecular flexibility index (Phi) is 7.61. The molecule has 1 amide bonds. The largest absolute Gasteiger partial charge is 0.481 e. The Morgan fingerprint density at radius 1 is 1.50 bits per heavy atom. The van der Waals surface area contributed by atoms with Crippen LogP contribution >= 0.6 is 39.0 Å². The minimum Gasteiger partial charge on any atom is -0.481 e. The number of carbonyl (C=O) groups is 2. The van der Waals surface area contributed by atoms with Crippen molar-refractivity contribution < 1.29 is 14.7 Å². The summed E-state index contributed by atoms with van der Waals surface area (Å²) in [4.78, 5) is 25.6. The molecule has 7 heteroatoms. The van der Waals surface area contributed by atoms with Gasteiger partial charge in [-0.2, -0.15) is 0 Å². The van der Waals surface area contributed by atoms with E-state index in [-0.39, 0.29) is 17.6 Å². The molecule has 0 saturated carbocycles. The number of amides is 1. The van der Waals surface area contributed by atoms with E-state index in [0.717, 1.165) is 8.66 Å². The molecule has 0 aliphatic carbocycles. The fraction of sp³-hybridized carbons (Fsp3) is 0.538. The van der Waals surface area contributed by atoms with E-state index in [1.165, 1.54) is 11.8 Å². The molecule has 4 nitrogen and oxygen atoms in total. The molecule has 0 aliphatic rings. The number of carboxylic acids is 1. The summed E-state index contributed by atoms with van der Waals surface area (Å²) in [6.45, 7) is 5.05. The van der Waals surface area contributed by atoms with Crippen LogP contribution in [0.15, 0.2) is 15.9 Å². The van der Waals surface area contributed by atoms with Gasteiger partial charge in [-0.1, -0.05) is 6.92 Å². The van der Waals surface area contributed by atoms with Crippen LogP contribution in [-0.4, -0.2) is 39.4 Å². The summed E-state index contributed by atoms with van der Waals surface area (Å²) in [5.41, 5.74) is 0. The van der Waals surface area contributed by atoms with E-state index in [9.17, 15) is 9.59 Å². The minimum absolute atomic E-state index is 0.0500. The molecule has 0 spiro atoms. The topological polar surface area (TPSA) is 57.6 Å². The molecule has 1 N–H and O–H groups in total. The first-order valence-electron chi connectivity index (χ1n) is 6.27. The quantitative estimate of drug-likeness (QED) is 0.751. The molecule has 1 aromatic rings. The second-order valence-corrected chi connectivity index (χ2v) is 8.31. The molecule has 112 valence electrons. The number of nitrogens with zero attached hydrogens (tertiary/aromatic N) is 1. The van der Waals surface area contributed by atoms with Crippen molar-refractivity contribution in [3.63, 3.8) is 0 Å². The fourth-order valence-corrected chi connectivity index (χ4v) is 3.98. The van der Waals surface area contributed by atoms with Crippen molar-refractivity contribution in [3.05, 3.63) is 20.8 Å². The van der Waals surface area contributed by atoms with E-state index in [1.54, 1.807) is 16.2 Å². The van der Waals surface area contributed by atoms with Gasteiger partial charge in [0.2, 0.25) is 5.91 Å². The zero-order chi connectivity index (χ0) is 15.1. The third-order valence-electron chi connectivity index (χ3n) is 2.66. The van der Waals surface area contributed by atoms with Gasteiger partial charge in [0.1, 0.15) is 0 Å². The highest BCUT2D eigenvalue weighted by atomic mass is 79.9. The summed E-state index contributed by atoms with van der Waals surface area (Å²) in [5.74, 6) is -0.443. The molecule has 0 aromatic carbocycles. The smallest absolute Gasteiger partial charge is 0.304 e. The number of thioether (sulfide) groups is 1.